The van der Waals surface area contributed by atoms with E-state index in [1.165, 1.54) is 19.9 Å². The lowest BCUT2D eigenvalue weighted by molar-refractivity contribution is 0.558. The Morgan fingerprint density at radius 1 is 1.25 bits per heavy atom. The van der Waals surface area contributed by atoms with E-state index in [0.29, 0.717) is 0 Å². The van der Waals surface area contributed by atoms with Gasteiger partial charge in [0, 0.05) is 12.8 Å². The van der Waals surface area contributed by atoms with Crippen molar-refractivity contribution in [3.63, 3.8) is 0 Å². The minimum Gasteiger partial charge on any atom is -0.381 e. The highest BCUT2D eigenvalue weighted by molar-refractivity contribution is 7.92. The Labute approximate surface area is 118 Å². The number of sulfonamides is 1. The van der Waals surface area contributed by atoms with Crippen molar-refractivity contribution in [2.75, 3.05) is 18.1 Å². The van der Waals surface area contributed by atoms with E-state index in [0.717, 1.165) is 18.4 Å². The molecule has 0 bridgehead atoms. The molecule has 0 heterocycles. The number of sulfone groups is 1. The third-order valence-electron chi connectivity index (χ3n) is 2.98. The van der Waals surface area contributed by atoms with Crippen molar-refractivity contribution in [1.29, 1.82) is 0 Å². The van der Waals surface area contributed by atoms with Gasteiger partial charge in [0.1, 0.15) is 5.82 Å². The lowest BCUT2D eigenvalue weighted by Crippen LogP contribution is -2.38. The lowest BCUT2D eigenvalue weighted by atomic mass is 10.2. The first kappa shape index (κ1) is 16.9. The number of anilines is 1. The maximum Gasteiger partial charge on any atom is 0.238 e. The van der Waals surface area contributed by atoms with Crippen molar-refractivity contribution in [2.45, 2.75) is 23.5 Å². The summed E-state index contributed by atoms with van der Waals surface area (Å²) in [5, 5.41) is 7.53. The van der Waals surface area contributed by atoms with E-state index < -0.39 is 30.4 Å². The van der Waals surface area contributed by atoms with Crippen molar-refractivity contribution < 1.29 is 21.2 Å². The van der Waals surface area contributed by atoms with Gasteiger partial charge in [0.2, 0.25) is 10.0 Å². The topological polar surface area (TPSA) is 106 Å². The van der Waals surface area contributed by atoms with Crippen molar-refractivity contribution >= 4 is 25.5 Å². The molecule has 0 atom stereocenters. The van der Waals surface area contributed by atoms with Gasteiger partial charge in [0.05, 0.1) is 15.3 Å². The Hall–Kier alpha value is -1.19. The zero-order chi connectivity index (χ0) is 15.8. The van der Waals surface area contributed by atoms with Gasteiger partial charge in [-0.1, -0.05) is 0 Å². The van der Waals surface area contributed by atoms with Crippen LogP contribution >= 0.6 is 0 Å². The third-order valence-corrected chi connectivity index (χ3v) is 6.04. The maximum atomic E-state index is 13.7. The summed E-state index contributed by atoms with van der Waals surface area (Å²) in [6.07, 6.45) is 1.09. The summed E-state index contributed by atoms with van der Waals surface area (Å²) in [6.45, 7) is 3.00. The summed E-state index contributed by atoms with van der Waals surface area (Å²) >= 11 is 0. The molecule has 0 saturated heterocycles. The first-order valence-corrected chi connectivity index (χ1v) is 9.04. The highest BCUT2D eigenvalue weighted by Crippen LogP contribution is 2.21. The highest BCUT2D eigenvalue weighted by Gasteiger charge is 2.30. The Morgan fingerprint density at radius 2 is 1.80 bits per heavy atom. The number of hydrogen-bond acceptors (Lipinski definition) is 5. The molecule has 0 aliphatic heterocycles. The van der Waals surface area contributed by atoms with Crippen LogP contribution in [0.15, 0.2) is 23.1 Å². The van der Waals surface area contributed by atoms with Gasteiger partial charge in [-0.15, -0.1) is 0 Å². The zero-order valence-corrected chi connectivity index (χ0v) is 13.0. The molecule has 0 fully saturated rings. The second-order valence-electron chi connectivity index (χ2n) is 5.07. The fourth-order valence-electron chi connectivity index (χ4n) is 1.26. The van der Waals surface area contributed by atoms with Crippen LogP contribution in [0.3, 0.4) is 0 Å². The second kappa shape index (κ2) is 5.30. The second-order valence-corrected chi connectivity index (χ2v) is 9.28. The summed E-state index contributed by atoms with van der Waals surface area (Å²) in [5.74, 6) is -0.819. The minimum atomic E-state index is -3.97. The Kier molecular flexibility index (Phi) is 4.47. The smallest absolute Gasteiger partial charge is 0.238 e. The largest absolute Gasteiger partial charge is 0.381 e. The summed E-state index contributed by atoms with van der Waals surface area (Å²) < 4.78 is 57.8. The van der Waals surface area contributed by atoms with Crippen LogP contribution in [0.4, 0.5) is 10.1 Å². The number of nitrogens with one attached hydrogen (secondary N) is 1. The molecule has 3 N–H and O–H groups in total. The summed E-state index contributed by atoms with van der Waals surface area (Å²) in [6, 6.07) is 3.13. The minimum absolute atomic E-state index is 0.00845. The summed E-state index contributed by atoms with van der Waals surface area (Å²) in [4.78, 5) is -0.345. The van der Waals surface area contributed by atoms with Gasteiger partial charge in [-0.25, -0.2) is 26.4 Å². The molecule has 0 aliphatic carbocycles. The molecule has 1 aromatic rings. The monoisotopic (exact) mass is 324 g/mol. The first-order valence-electron chi connectivity index (χ1n) is 5.60. The van der Waals surface area contributed by atoms with E-state index in [1.54, 1.807) is 0 Å². The number of nitrogens with two attached hydrogens (primary N) is 1. The van der Waals surface area contributed by atoms with Crippen LogP contribution < -0.4 is 10.5 Å². The predicted molar refractivity (Wildman–Crippen MR) is 75.2 cm³/mol. The number of halogens is 1. The van der Waals surface area contributed by atoms with Crippen LogP contribution in [0.25, 0.3) is 0 Å². The van der Waals surface area contributed by atoms with Gasteiger partial charge in [-0.2, -0.15) is 0 Å². The lowest BCUT2D eigenvalue weighted by Gasteiger charge is -2.23. The average molecular weight is 324 g/mol. The van der Waals surface area contributed by atoms with Crippen LogP contribution in [-0.2, 0) is 19.9 Å². The summed E-state index contributed by atoms with van der Waals surface area (Å²) in [7, 11) is -7.29. The van der Waals surface area contributed by atoms with Crippen molar-refractivity contribution in [3.8, 4) is 0 Å². The quantitative estimate of drug-likeness (QED) is 0.829. The molecule has 9 heteroatoms. The van der Waals surface area contributed by atoms with Gasteiger partial charge in [0.15, 0.2) is 9.84 Å². The Bertz CT molecular complexity index is 712. The van der Waals surface area contributed by atoms with Gasteiger partial charge in [0.25, 0.3) is 0 Å². The molecule has 6 nitrogen and oxygen atoms in total. The predicted octanol–water partition coefficient (Wildman–Crippen LogP) is 0.708. The van der Waals surface area contributed by atoms with E-state index in [1.807, 2.05) is 0 Å². The number of benzene rings is 1. The first-order chi connectivity index (χ1) is 8.84. The van der Waals surface area contributed by atoms with E-state index in [-0.39, 0.29) is 17.1 Å². The van der Waals surface area contributed by atoms with Crippen LogP contribution in [0, 0.1) is 5.82 Å². The molecule has 1 rings (SSSR count). The third kappa shape index (κ3) is 3.90. The zero-order valence-electron chi connectivity index (χ0n) is 11.3. The van der Waals surface area contributed by atoms with Gasteiger partial charge < -0.3 is 5.32 Å². The average Bonchev–Trinajstić information content (AvgIpc) is 2.24. The van der Waals surface area contributed by atoms with E-state index in [4.69, 9.17) is 5.14 Å². The number of primary sulfonamides is 1. The highest BCUT2D eigenvalue weighted by atomic mass is 32.2. The van der Waals surface area contributed by atoms with Crippen LogP contribution in [-0.4, -0.2) is 34.4 Å². The molecule has 0 saturated carbocycles. The van der Waals surface area contributed by atoms with E-state index >= 15 is 0 Å². The van der Waals surface area contributed by atoms with Crippen molar-refractivity contribution in [2.24, 2.45) is 5.14 Å². The molecular weight excluding hydrogens is 307 g/mol. The van der Waals surface area contributed by atoms with Crippen molar-refractivity contribution in [1.82, 2.24) is 0 Å². The standard InChI is InChI=1S/C11H17FN2O4S2/c1-11(2,19(3,15)16)7-14-10-5-4-8(6-9(10)12)20(13,17)18/h4-6,14H,7H2,1-3H3,(H2,13,17,18). The Balaban J connectivity index is 2.97. The Morgan fingerprint density at radius 3 is 2.20 bits per heavy atom. The normalized spacial score (nSPS) is 13.2. The SMILES string of the molecule is CC(C)(CNc1ccc(S(N)(=O)=O)cc1F)S(C)(=O)=O. The van der Waals surface area contributed by atoms with E-state index in [9.17, 15) is 21.2 Å². The van der Waals surface area contributed by atoms with Crippen LogP contribution in [0.1, 0.15) is 13.8 Å². The van der Waals surface area contributed by atoms with Crippen LogP contribution in [0.5, 0.6) is 0 Å². The molecule has 0 unspecified atom stereocenters. The number of hydrogen-bond donors (Lipinski definition) is 2. The fourth-order valence-corrected chi connectivity index (χ4v) is 2.12. The molecule has 0 aliphatic rings. The van der Waals surface area contributed by atoms with Gasteiger partial charge >= 0.3 is 0 Å². The maximum absolute atomic E-state index is 13.7. The molecule has 114 valence electrons. The molecule has 20 heavy (non-hydrogen) atoms. The fraction of sp³-hybridized carbons (Fsp3) is 0.455. The van der Waals surface area contributed by atoms with Crippen molar-refractivity contribution in [3.05, 3.63) is 24.0 Å². The molecule has 0 aromatic heterocycles. The van der Waals surface area contributed by atoms with Gasteiger partial charge in [-0.3, -0.25) is 0 Å². The molecular formula is C11H17FN2O4S2. The van der Waals surface area contributed by atoms with Crippen LogP contribution in [0.2, 0.25) is 0 Å². The summed E-state index contributed by atoms with van der Waals surface area (Å²) in [5.41, 5.74) is 0.00845. The molecule has 0 spiro atoms. The number of rotatable bonds is 5. The van der Waals surface area contributed by atoms with E-state index in [2.05, 4.69) is 5.32 Å². The molecule has 0 radical (unpaired) electrons. The molecule has 1 aromatic carbocycles. The molecule has 0 amide bonds. The van der Waals surface area contributed by atoms with Gasteiger partial charge in [-0.05, 0) is 32.0 Å².